The lowest BCUT2D eigenvalue weighted by atomic mass is 9.62. The fourth-order valence-electron chi connectivity index (χ4n) is 1.24. The zero-order chi connectivity index (χ0) is 10.9. The van der Waals surface area contributed by atoms with Crippen molar-refractivity contribution in [1.29, 1.82) is 0 Å². The first-order valence-corrected chi connectivity index (χ1v) is 4.76. The van der Waals surface area contributed by atoms with Crippen LogP contribution in [0.2, 0.25) is 0 Å². The number of ether oxygens (including phenoxy) is 1. The van der Waals surface area contributed by atoms with Gasteiger partial charge in [0.25, 0.3) is 0 Å². The summed E-state index contributed by atoms with van der Waals surface area (Å²) >= 11 is 0. The Hall–Kier alpha value is -0.530. The van der Waals surface area contributed by atoms with Crippen LogP contribution in [0.4, 0.5) is 0 Å². The van der Waals surface area contributed by atoms with Crippen molar-refractivity contribution in [2.75, 3.05) is 7.11 Å². The Bertz CT molecular complexity index is 190. The van der Waals surface area contributed by atoms with Crippen LogP contribution in [-0.2, 0) is 9.53 Å². The molecule has 0 spiro atoms. The molecule has 0 aromatic heterocycles. The molecule has 0 heterocycles. The smallest absolute Gasteiger partial charge is 0.311 e. The molecule has 0 saturated carbocycles. The minimum atomic E-state index is -0.435. The van der Waals surface area contributed by atoms with Crippen LogP contribution in [0.15, 0.2) is 0 Å². The molecule has 0 rings (SSSR count). The van der Waals surface area contributed by atoms with Crippen LogP contribution in [-0.4, -0.2) is 13.1 Å². The van der Waals surface area contributed by atoms with Gasteiger partial charge >= 0.3 is 5.97 Å². The molecular weight excluding hydrogens is 164 g/mol. The molecule has 2 heteroatoms. The van der Waals surface area contributed by atoms with E-state index in [0.29, 0.717) is 5.92 Å². The molecule has 0 aliphatic rings. The zero-order valence-electron chi connectivity index (χ0n) is 9.89. The molecule has 0 aliphatic carbocycles. The molecule has 0 fully saturated rings. The van der Waals surface area contributed by atoms with E-state index in [2.05, 4.69) is 27.7 Å². The maximum atomic E-state index is 11.6. The predicted molar refractivity (Wildman–Crippen MR) is 54.4 cm³/mol. The summed E-state index contributed by atoms with van der Waals surface area (Å²) in [6.45, 7) is 12.4. The molecule has 0 saturated heterocycles. The van der Waals surface area contributed by atoms with Gasteiger partial charge in [-0.25, -0.2) is 0 Å². The summed E-state index contributed by atoms with van der Waals surface area (Å²) in [5, 5.41) is 0. The summed E-state index contributed by atoms with van der Waals surface area (Å²) in [6.07, 6.45) is 0. The van der Waals surface area contributed by atoms with Gasteiger partial charge < -0.3 is 4.74 Å². The lowest BCUT2D eigenvalue weighted by Crippen LogP contribution is -2.43. The number of hydrogen-bond donors (Lipinski definition) is 0. The van der Waals surface area contributed by atoms with Crippen molar-refractivity contribution in [2.24, 2.45) is 16.7 Å². The molecule has 0 aromatic rings. The van der Waals surface area contributed by atoms with Crippen LogP contribution < -0.4 is 0 Å². The Kier molecular flexibility index (Phi) is 3.54. The van der Waals surface area contributed by atoms with E-state index in [1.165, 1.54) is 7.11 Å². The molecule has 13 heavy (non-hydrogen) atoms. The third kappa shape index (κ3) is 2.04. The number of methoxy groups -OCH3 is 1. The lowest BCUT2D eigenvalue weighted by Gasteiger charge is -2.42. The molecule has 0 aromatic carbocycles. The fraction of sp³-hybridized carbons (Fsp3) is 0.909. The summed E-state index contributed by atoms with van der Waals surface area (Å²) in [5.41, 5.74) is -0.490. The Balaban J connectivity index is 4.91. The largest absolute Gasteiger partial charge is 0.469 e. The second-order valence-corrected chi connectivity index (χ2v) is 4.99. The molecular formula is C11H22O2. The number of carbonyl (C=O) groups excluding carboxylic acids is 1. The van der Waals surface area contributed by atoms with E-state index < -0.39 is 5.41 Å². The summed E-state index contributed by atoms with van der Waals surface area (Å²) < 4.78 is 4.81. The van der Waals surface area contributed by atoms with Crippen molar-refractivity contribution in [3.05, 3.63) is 0 Å². The molecule has 0 unspecified atom stereocenters. The summed E-state index contributed by atoms with van der Waals surface area (Å²) in [4.78, 5) is 11.6. The number of hydrogen-bond acceptors (Lipinski definition) is 2. The lowest BCUT2D eigenvalue weighted by molar-refractivity contribution is -0.159. The van der Waals surface area contributed by atoms with Gasteiger partial charge in [0.2, 0.25) is 0 Å². The van der Waals surface area contributed by atoms with Gasteiger partial charge in [-0.1, -0.05) is 27.7 Å². The summed E-state index contributed by atoms with van der Waals surface area (Å²) in [6, 6.07) is 0. The Morgan fingerprint density at radius 1 is 1.15 bits per heavy atom. The van der Waals surface area contributed by atoms with E-state index in [-0.39, 0.29) is 11.4 Å². The molecule has 0 N–H and O–H groups in total. The standard InChI is InChI=1S/C11H22O2/c1-8(2)10(3,4)11(5,6)9(12)13-7/h8H,1-7H3. The average Bonchev–Trinajstić information content (AvgIpc) is 2.02. The molecule has 0 atom stereocenters. The van der Waals surface area contributed by atoms with Crippen LogP contribution in [0.3, 0.4) is 0 Å². The molecule has 0 radical (unpaired) electrons. The first-order valence-electron chi connectivity index (χ1n) is 4.76. The second kappa shape index (κ2) is 3.69. The minimum absolute atomic E-state index is 0.0555. The number of carbonyl (C=O) groups is 1. The number of esters is 1. The van der Waals surface area contributed by atoms with Gasteiger partial charge in [-0.2, -0.15) is 0 Å². The van der Waals surface area contributed by atoms with Gasteiger partial charge in [0.05, 0.1) is 12.5 Å². The van der Waals surface area contributed by atoms with E-state index >= 15 is 0 Å². The van der Waals surface area contributed by atoms with Gasteiger partial charge in [0.15, 0.2) is 0 Å². The van der Waals surface area contributed by atoms with Gasteiger partial charge in [0.1, 0.15) is 0 Å². The van der Waals surface area contributed by atoms with Crippen molar-refractivity contribution < 1.29 is 9.53 Å². The van der Waals surface area contributed by atoms with Gasteiger partial charge in [-0.3, -0.25) is 4.79 Å². The van der Waals surface area contributed by atoms with Gasteiger partial charge in [-0.15, -0.1) is 0 Å². The Morgan fingerprint density at radius 2 is 1.54 bits per heavy atom. The van der Waals surface area contributed by atoms with E-state index in [1.807, 2.05) is 13.8 Å². The first-order chi connectivity index (χ1) is 5.67. The van der Waals surface area contributed by atoms with Crippen LogP contribution in [0.1, 0.15) is 41.5 Å². The third-order valence-electron chi connectivity index (χ3n) is 3.75. The van der Waals surface area contributed by atoms with Gasteiger partial charge in [-0.05, 0) is 25.2 Å². The van der Waals surface area contributed by atoms with Crippen LogP contribution in [0.5, 0.6) is 0 Å². The van der Waals surface area contributed by atoms with Gasteiger partial charge in [0, 0.05) is 0 Å². The topological polar surface area (TPSA) is 26.3 Å². The highest BCUT2D eigenvalue weighted by Crippen LogP contribution is 2.44. The van der Waals surface area contributed by atoms with Crippen molar-refractivity contribution >= 4 is 5.97 Å². The van der Waals surface area contributed by atoms with Crippen molar-refractivity contribution in [1.82, 2.24) is 0 Å². The fourth-order valence-corrected chi connectivity index (χ4v) is 1.24. The molecule has 78 valence electrons. The van der Waals surface area contributed by atoms with E-state index in [1.54, 1.807) is 0 Å². The van der Waals surface area contributed by atoms with E-state index in [4.69, 9.17) is 4.74 Å². The SMILES string of the molecule is COC(=O)C(C)(C)C(C)(C)C(C)C. The van der Waals surface area contributed by atoms with Crippen LogP contribution in [0.25, 0.3) is 0 Å². The first kappa shape index (κ1) is 12.5. The van der Waals surface area contributed by atoms with Crippen molar-refractivity contribution in [3.63, 3.8) is 0 Å². The number of rotatable bonds is 3. The van der Waals surface area contributed by atoms with E-state index in [0.717, 1.165) is 0 Å². The Labute approximate surface area is 81.7 Å². The second-order valence-electron chi connectivity index (χ2n) is 4.99. The predicted octanol–water partition coefficient (Wildman–Crippen LogP) is 2.87. The maximum absolute atomic E-state index is 11.6. The molecule has 0 amide bonds. The highest BCUT2D eigenvalue weighted by molar-refractivity contribution is 5.76. The Morgan fingerprint density at radius 3 is 1.77 bits per heavy atom. The highest BCUT2D eigenvalue weighted by atomic mass is 16.5. The summed E-state index contributed by atoms with van der Waals surface area (Å²) in [7, 11) is 1.44. The highest BCUT2D eigenvalue weighted by Gasteiger charge is 2.45. The zero-order valence-corrected chi connectivity index (χ0v) is 9.89. The van der Waals surface area contributed by atoms with E-state index in [9.17, 15) is 4.79 Å². The third-order valence-corrected chi connectivity index (χ3v) is 3.75. The van der Waals surface area contributed by atoms with Crippen LogP contribution >= 0.6 is 0 Å². The average molecular weight is 186 g/mol. The van der Waals surface area contributed by atoms with Crippen molar-refractivity contribution in [3.8, 4) is 0 Å². The molecule has 0 aliphatic heterocycles. The summed E-state index contributed by atoms with van der Waals surface area (Å²) in [5.74, 6) is 0.313. The normalized spacial score (nSPS) is 13.2. The quantitative estimate of drug-likeness (QED) is 0.633. The van der Waals surface area contributed by atoms with Crippen LogP contribution in [0, 0.1) is 16.7 Å². The molecule has 0 bridgehead atoms. The monoisotopic (exact) mass is 186 g/mol. The maximum Gasteiger partial charge on any atom is 0.311 e. The minimum Gasteiger partial charge on any atom is -0.469 e. The molecule has 2 nitrogen and oxygen atoms in total. The van der Waals surface area contributed by atoms with Crippen molar-refractivity contribution in [2.45, 2.75) is 41.5 Å².